The molecule has 5 aromatic rings. The summed E-state index contributed by atoms with van der Waals surface area (Å²) >= 11 is 10.8. The Morgan fingerprint density at radius 1 is 1.14 bits per heavy atom. The van der Waals surface area contributed by atoms with Crippen molar-refractivity contribution in [3.05, 3.63) is 103 Å². The number of rotatable bonds is 7. The first kappa shape index (κ1) is 24.2. The molecule has 0 unspecified atom stereocenters. The topological polar surface area (TPSA) is 81.4 Å². The second-order valence-corrected chi connectivity index (χ2v) is 9.88. The Morgan fingerprint density at radius 2 is 1.94 bits per heavy atom. The highest BCUT2D eigenvalue weighted by atomic mass is 79.9. The van der Waals surface area contributed by atoms with Gasteiger partial charge in [-0.05, 0) is 42.5 Å². The first-order chi connectivity index (χ1) is 17.5. The summed E-state index contributed by atoms with van der Waals surface area (Å²) in [5.74, 6) is 1.20. The fourth-order valence-electron chi connectivity index (χ4n) is 3.64. The number of halogens is 2. The van der Waals surface area contributed by atoms with Crippen LogP contribution in [0.4, 0.5) is 0 Å². The standard InChI is InChI=1S/C26H19BrClN5O2S/c1-35-23-5-3-2-4-17(23)13-29-30-14-24-31-21-11-8-18(27)12-20(21)25(34)33(24)26-32-22(15-36-26)16-6-9-19(28)10-7-16/h2-13,15,30H,14H2,1H3/b29-13+. The third-order valence-corrected chi connectivity index (χ3v) is 6.97. The lowest BCUT2D eigenvalue weighted by atomic mass is 10.2. The van der Waals surface area contributed by atoms with E-state index in [0.29, 0.717) is 32.6 Å². The predicted octanol–water partition coefficient (Wildman–Crippen LogP) is 6.06. The molecule has 2 heterocycles. The molecule has 2 aromatic heterocycles. The zero-order valence-electron chi connectivity index (χ0n) is 19.0. The summed E-state index contributed by atoms with van der Waals surface area (Å²) in [5.41, 5.74) is 5.88. The molecule has 1 N–H and O–H groups in total. The molecule has 3 aromatic carbocycles. The number of para-hydroxylation sites is 1. The molecular formula is C26H19BrClN5O2S. The lowest BCUT2D eigenvalue weighted by Crippen LogP contribution is -2.26. The average molecular weight is 581 g/mol. The third-order valence-electron chi connectivity index (χ3n) is 5.39. The number of thiazole rings is 1. The summed E-state index contributed by atoms with van der Waals surface area (Å²) < 4.78 is 7.69. The highest BCUT2D eigenvalue weighted by Crippen LogP contribution is 2.26. The summed E-state index contributed by atoms with van der Waals surface area (Å²) in [6.45, 7) is 0.211. The molecule has 0 bridgehead atoms. The molecule has 0 amide bonds. The molecule has 5 rings (SSSR count). The molecule has 0 saturated carbocycles. The van der Waals surface area contributed by atoms with E-state index in [2.05, 4.69) is 26.5 Å². The second kappa shape index (κ2) is 10.6. The van der Waals surface area contributed by atoms with Crippen LogP contribution >= 0.6 is 38.9 Å². The Labute approximate surface area is 224 Å². The van der Waals surface area contributed by atoms with E-state index in [4.69, 9.17) is 26.3 Å². The van der Waals surface area contributed by atoms with Crippen molar-refractivity contribution in [2.45, 2.75) is 6.54 Å². The summed E-state index contributed by atoms with van der Waals surface area (Å²) in [5, 5.41) is 7.89. The molecule has 0 saturated heterocycles. The van der Waals surface area contributed by atoms with E-state index in [0.717, 1.165) is 21.3 Å². The van der Waals surface area contributed by atoms with Crippen molar-refractivity contribution >= 4 is 56.0 Å². The molecule has 0 aliphatic carbocycles. The van der Waals surface area contributed by atoms with Gasteiger partial charge in [-0.15, -0.1) is 11.3 Å². The smallest absolute Gasteiger partial charge is 0.267 e. The molecule has 0 spiro atoms. The number of hydrogen-bond acceptors (Lipinski definition) is 7. The summed E-state index contributed by atoms with van der Waals surface area (Å²) in [4.78, 5) is 23.1. The third kappa shape index (κ3) is 5.04. The number of nitrogens with zero attached hydrogens (tertiary/aromatic N) is 4. The van der Waals surface area contributed by atoms with Crippen molar-refractivity contribution in [3.63, 3.8) is 0 Å². The summed E-state index contributed by atoms with van der Waals surface area (Å²) in [6, 6.07) is 20.4. The van der Waals surface area contributed by atoms with Crippen LogP contribution in [0.25, 0.3) is 27.3 Å². The molecule has 0 aliphatic heterocycles. The first-order valence-electron chi connectivity index (χ1n) is 10.9. The van der Waals surface area contributed by atoms with Gasteiger partial charge >= 0.3 is 0 Å². The first-order valence-corrected chi connectivity index (χ1v) is 12.9. The summed E-state index contributed by atoms with van der Waals surface area (Å²) in [7, 11) is 1.61. The van der Waals surface area contributed by atoms with Crippen molar-refractivity contribution in [1.29, 1.82) is 0 Å². The van der Waals surface area contributed by atoms with E-state index >= 15 is 0 Å². The van der Waals surface area contributed by atoms with Gasteiger partial charge in [0.2, 0.25) is 0 Å². The fraction of sp³-hybridized carbons (Fsp3) is 0.0769. The highest BCUT2D eigenvalue weighted by molar-refractivity contribution is 9.10. The molecular weight excluding hydrogens is 562 g/mol. The minimum Gasteiger partial charge on any atom is -0.496 e. The van der Waals surface area contributed by atoms with Crippen LogP contribution < -0.4 is 15.7 Å². The highest BCUT2D eigenvalue weighted by Gasteiger charge is 2.16. The van der Waals surface area contributed by atoms with Crippen molar-refractivity contribution in [3.8, 4) is 22.1 Å². The Balaban J connectivity index is 1.52. The van der Waals surface area contributed by atoms with Gasteiger partial charge in [0.15, 0.2) is 5.13 Å². The van der Waals surface area contributed by atoms with Crippen LogP contribution in [0.3, 0.4) is 0 Å². The number of methoxy groups -OCH3 is 1. The van der Waals surface area contributed by atoms with Crippen LogP contribution in [0, 0.1) is 0 Å². The molecule has 0 radical (unpaired) electrons. The summed E-state index contributed by atoms with van der Waals surface area (Å²) in [6.07, 6.45) is 1.67. The molecule has 10 heteroatoms. The molecule has 180 valence electrons. The zero-order valence-corrected chi connectivity index (χ0v) is 22.1. The van der Waals surface area contributed by atoms with Gasteiger partial charge in [0.05, 0.1) is 36.5 Å². The van der Waals surface area contributed by atoms with Gasteiger partial charge in [-0.2, -0.15) is 5.10 Å². The van der Waals surface area contributed by atoms with Crippen LogP contribution in [0.1, 0.15) is 11.4 Å². The van der Waals surface area contributed by atoms with Crippen LogP contribution in [-0.2, 0) is 6.54 Å². The number of benzene rings is 3. The maximum absolute atomic E-state index is 13.6. The number of nitrogens with one attached hydrogen (secondary N) is 1. The van der Waals surface area contributed by atoms with Gasteiger partial charge < -0.3 is 10.2 Å². The molecule has 0 atom stereocenters. The average Bonchev–Trinajstić information content (AvgIpc) is 3.37. The largest absolute Gasteiger partial charge is 0.496 e. The van der Waals surface area contributed by atoms with Crippen molar-refractivity contribution in [1.82, 2.24) is 20.0 Å². The number of hydrogen-bond donors (Lipinski definition) is 1. The van der Waals surface area contributed by atoms with Crippen molar-refractivity contribution in [2.75, 3.05) is 7.11 Å². The minimum atomic E-state index is -0.205. The van der Waals surface area contributed by atoms with Gasteiger partial charge in [0, 0.05) is 26.0 Å². The quantitative estimate of drug-likeness (QED) is 0.187. The maximum Gasteiger partial charge on any atom is 0.267 e. The predicted molar refractivity (Wildman–Crippen MR) is 149 cm³/mol. The Morgan fingerprint density at radius 3 is 2.75 bits per heavy atom. The Hall–Kier alpha value is -3.53. The SMILES string of the molecule is COc1ccccc1/C=N/NCc1nc2ccc(Br)cc2c(=O)n1-c1nc(-c2ccc(Cl)cc2)cs1. The van der Waals surface area contributed by atoms with Gasteiger partial charge in [-0.1, -0.05) is 51.8 Å². The monoisotopic (exact) mass is 579 g/mol. The number of ether oxygens (including phenoxy) is 1. The second-order valence-electron chi connectivity index (χ2n) is 7.69. The van der Waals surface area contributed by atoms with E-state index in [-0.39, 0.29) is 12.1 Å². The number of hydrazone groups is 1. The molecule has 0 fully saturated rings. The lowest BCUT2D eigenvalue weighted by Gasteiger charge is -2.11. The normalized spacial score (nSPS) is 11.3. The Bertz CT molecular complexity index is 1630. The molecule has 7 nitrogen and oxygen atoms in total. The zero-order chi connectivity index (χ0) is 25.1. The lowest BCUT2D eigenvalue weighted by molar-refractivity contribution is 0.414. The Kier molecular flexibility index (Phi) is 7.13. The van der Waals surface area contributed by atoms with E-state index in [1.807, 2.05) is 66.0 Å². The van der Waals surface area contributed by atoms with Gasteiger partial charge in [0.1, 0.15) is 11.6 Å². The van der Waals surface area contributed by atoms with Crippen LogP contribution in [-0.4, -0.2) is 27.9 Å². The van der Waals surface area contributed by atoms with E-state index in [1.54, 1.807) is 19.4 Å². The van der Waals surface area contributed by atoms with E-state index in [1.165, 1.54) is 15.9 Å². The van der Waals surface area contributed by atoms with Crippen molar-refractivity contribution < 1.29 is 4.74 Å². The van der Waals surface area contributed by atoms with Crippen molar-refractivity contribution in [2.24, 2.45) is 5.10 Å². The van der Waals surface area contributed by atoms with Gasteiger partial charge in [-0.25, -0.2) is 14.5 Å². The van der Waals surface area contributed by atoms with E-state index < -0.39 is 0 Å². The van der Waals surface area contributed by atoms with Crippen LogP contribution in [0.2, 0.25) is 5.02 Å². The van der Waals surface area contributed by atoms with Crippen LogP contribution in [0.15, 0.2) is 86.5 Å². The minimum absolute atomic E-state index is 0.205. The number of aromatic nitrogens is 3. The number of fused-ring (bicyclic) bond motifs is 1. The van der Waals surface area contributed by atoms with E-state index in [9.17, 15) is 4.79 Å². The van der Waals surface area contributed by atoms with Gasteiger partial charge in [-0.3, -0.25) is 4.79 Å². The maximum atomic E-state index is 13.6. The molecule has 0 aliphatic rings. The van der Waals surface area contributed by atoms with Crippen LogP contribution in [0.5, 0.6) is 5.75 Å². The fourth-order valence-corrected chi connectivity index (χ4v) is 4.98. The molecule has 36 heavy (non-hydrogen) atoms. The van der Waals surface area contributed by atoms with Gasteiger partial charge in [0.25, 0.3) is 5.56 Å².